The number of carboxylic acids is 1. The number of carboxylic acid groups (broad SMARTS) is 1. The van der Waals surface area contributed by atoms with Gasteiger partial charge in [-0.25, -0.2) is 4.79 Å². The predicted octanol–water partition coefficient (Wildman–Crippen LogP) is 3.25. The zero-order chi connectivity index (χ0) is 14.1. The molecule has 1 saturated carbocycles. The highest BCUT2D eigenvalue weighted by atomic mass is 16.4. The van der Waals surface area contributed by atoms with Gasteiger partial charge in [0.25, 0.3) is 0 Å². The largest absolute Gasteiger partial charge is 0.480 e. The summed E-state index contributed by atoms with van der Waals surface area (Å²) >= 11 is 0. The van der Waals surface area contributed by atoms with Crippen LogP contribution in [0, 0.1) is 0 Å². The zero-order valence-electron chi connectivity index (χ0n) is 12.0. The fraction of sp³-hybridized carbons (Fsp3) is 0.867. The van der Waals surface area contributed by atoms with Gasteiger partial charge in [-0.2, -0.15) is 0 Å². The van der Waals surface area contributed by atoms with E-state index >= 15 is 0 Å². The number of amides is 1. The number of carbonyl (C=O) groups excluding carboxylic acids is 1. The van der Waals surface area contributed by atoms with Crippen LogP contribution in [0.15, 0.2) is 0 Å². The van der Waals surface area contributed by atoms with Crippen molar-refractivity contribution in [3.05, 3.63) is 0 Å². The van der Waals surface area contributed by atoms with Gasteiger partial charge in [0.2, 0.25) is 5.91 Å². The first-order valence-corrected chi connectivity index (χ1v) is 7.65. The molecule has 1 aliphatic rings. The van der Waals surface area contributed by atoms with Crippen LogP contribution in [0.1, 0.15) is 77.6 Å². The molecule has 0 unspecified atom stereocenters. The van der Waals surface area contributed by atoms with E-state index in [1.54, 1.807) is 0 Å². The van der Waals surface area contributed by atoms with Crippen LogP contribution in [0.4, 0.5) is 0 Å². The van der Waals surface area contributed by atoms with E-state index in [4.69, 9.17) is 0 Å². The van der Waals surface area contributed by atoms with Crippen molar-refractivity contribution in [2.75, 3.05) is 0 Å². The third-order valence-corrected chi connectivity index (χ3v) is 4.00. The topological polar surface area (TPSA) is 66.4 Å². The lowest BCUT2D eigenvalue weighted by Crippen LogP contribution is -2.55. The Hall–Kier alpha value is -1.06. The molecule has 4 nitrogen and oxygen atoms in total. The summed E-state index contributed by atoms with van der Waals surface area (Å²) in [5.41, 5.74) is -0.987. The predicted molar refractivity (Wildman–Crippen MR) is 75.0 cm³/mol. The molecule has 1 rings (SSSR count). The van der Waals surface area contributed by atoms with Gasteiger partial charge in [0.1, 0.15) is 5.54 Å². The molecule has 110 valence electrons. The van der Waals surface area contributed by atoms with E-state index < -0.39 is 11.5 Å². The summed E-state index contributed by atoms with van der Waals surface area (Å²) in [5.74, 6) is -0.965. The summed E-state index contributed by atoms with van der Waals surface area (Å²) in [6.45, 7) is 2.16. The Morgan fingerprint density at radius 2 is 1.68 bits per heavy atom. The van der Waals surface area contributed by atoms with Crippen LogP contribution in [0.3, 0.4) is 0 Å². The Morgan fingerprint density at radius 1 is 1.05 bits per heavy atom. The van der Waals surface area contributed by atoms with Gasteiger partial charge in [-0.3, -0.25) is 4.79 Å². The van der Waals surface area contributed by atoms with Crippen molar-refractivity contribution in [2.45, 2.75) is 83.1 Å². The molecule has 0 bridgehead atoms. The fourth-order valence-corrected chi connectivity index (χ4v) is 2.77. The molecule has 0 aliphatic heterocycles. The lowest BCUT2D eigenvalue weighted by atomic mass is 9.81. The molecule has 0 heterocycles. The second-order valence-electron chi connectivity index (χ2n) is 5.66. The molecule has 4 heteroatoms. The molecule has 1 fully saturated rings. The summed E-state index contributed by atoms with van der Waals surface area (Å²) < 4.78 is 0. The highest BCUT2D eigenvalue weighted by Gasteiger charge is 2.40. The average molecular weight is 269 g/mol. The molecule has 0 aromatic carbocycles. The molecule has 1 aliphatic carbocycles. The highest BCUT2D eigenvalue weighted by Crippen LogP contribution is 2.28. The Morgan fingerprint density at radius 3 is 2.26 bits per heavy atom. The van der Waals surface area contributed by atoms with Crippen LogP contribution in [-0.2, 0) is 9.59 Å². The maximum absolute atomic E-state index is 11.9. The standard InChI is InChI=1S/C15H27NO3/c1-2-3-4-5-7-10-13(17)16-15(14(18)19)11-8-6-9-12-15/h2-12H2,1H3,(H,16,17)(H,18,19). The van der Waals surface area contributed by atoms with E-state index in [2.05, 4.69) is 12.2 Å². The fourth-order valence-electron chi connectivity index (χ4n) is 2.77. The molecule has 0 spiro atoms. The Labute approximate surface area is 116 Å². The minimum absolute atomic E-state index is 0.0965. The smallest absolute Gasteiger partial charge is 0.329 e. The Bertz CT molecular complexity index is 296. The van der Waals surface area contributed by atoms with E-state index in [9.17, 15) is 14.7 Å². The molecular formula is C15H27NO3. The van der Waals surface area contributed by atoms with Crippen LogP contribution in [0.5, 0.6) is 0 Å². The van der Waals surface area contributed by atoms with Crippen LogP contribution in [-0.4, -0.2) is 22.5 Å². The van der Waals surface area contributed by atoms with Crippen LogP contribution < -0.4 is 5.32 Å². The van der Waals surface area contributed by atoms with Crippen molar-refractivity contribution in [1.29, 1.82) is 0 Å². The number of hydrogen-bond acceptors (Lipinski definition) is 2. The lowest BCUT2D eigenvalue weighted by molar-refractivity contribution is -0.149. The summed E-state index contributed by atoms with van der Waals surface area (Å²) in [6, 6.07) is 0. The van der Waals surface area contributed by atoms with Gasteiger partial charge in [-0.05, 0) is 19.3 Å². The minimum Gasteiger partial charge on any atom is -0.480 e. The van der Waals surface area contributed by atoms with Crippen LogP contribution >= 0.6 is 0 Å². The van der Waals surface area contributed by atoms with Crippen LogP contribution in [0.25, 0.3) is 0 Å². The van der Waals surface area contributed by atoms with Crippen molar-refractivity contribution in [3.63, 3.8) is 0 Å². The highest BCUT2D eigenvalue weighted by molar-refractivity contribution is 5.87. The van der Waals surface area contributed by atoms with Gasteiger partial charge in [-0.15, -0.1) is 0 Å². The van der Waals surface area contributed by atoms with E-state index in [1.165, 1.54) is 12.8 Å². The maximum atomic E-state index is 11.9. The molecule has 0 aromatic rings. The summed E-state index contributed by atoms with van der Waals surface area (Å²) in [5, 5.41) is 12.1. The van der Waals surface area contributed by atoms with E-state index in [-0.39, 0.29) is 5.91 Å². The van der Waals surface area contributed by atoms with Crippen molar-refractivity contribution >= 4 is 11.9 Å². The van der Waals surface area contributed by atoms with E-state index in [1.807, 2.05) is 0 Å². The molecule has 19 heavy (non-hydrogen) atoms. The van der Waals surface area contributed by atoms with Gasteiger partial charge in [-0.1, -0.05) is 51.9 Å². The molecule has 2 N–H and O–H groups in total. The second kappa shape index (κ2) is 8.18. The third kappa shape index (κ3) is 5.21. The lowest BCUT2D eigenvalue weighted by Gasteiger charge is -2.34. The van der Waals surface area contributed by atoms with Crippen molar-refractivity contribution < 1.29 is 14.7 Å². The summed E-state index contributed by atoms with van der Waals surface area (Å²) in [6.07, 6.45) is 9.94. The van der Waals surface area contributed by atoms with Gasteiger partial charge in [0.05, 0.1) is 0 Å². The Balaban J connectivity index is 2.33. The second-order valence-corrected chi connectivity index (χ2v) is 5.66. The van der Waals surface area contributed by atoms with E-state index in [0.717, 1.165) is 38.5 Å². The number of nitrogens with one attached hydrogen (secondary N) is 1. The number of carbonyl (C=O) groups is 2. The molecule has 1 amide bonds. The Kier molecular flexibility index (Phi) is 6.89. The molecule has 0 saturated heterocycles. The van der Waals surface area contributed by atoms with E-state index in [0.29, 0.717) is 19.3 Å². The monoisotopic (exact) mass is 269 g/mol. The number of rotatable bonds is 8. The average Bonchev–Trinajstić information content (AvgIpc) is 2.39. The maximum Gasteiger partial charge on any atom is 0.329 e. The van der Waals surface area contributed by atoms with Gasteiger partial charge >= 0.3 is 5.97 Å². The SMILES string of the molecule is CCCCCCCC(=O)NC1(C(=O)O)CCCCC1. The number of aliphatic carboxylic acids is 1. The van der Waals surface area contributed by atoms with Gasteiger partial charge < -0.3 is 10.4 Å². The van der Waals surface area contributed by atoms with Gasteiger partial charge in [0.15, 0.2) is 0 Å². The minimum atomic E-state index is -0.987. The first-order chi connectivity index (χ1) is 9.10. The van der Waals surface area contributed by atoms with Crippen molar-refractivity contribution in [1.82, 2.24) is 5.32 Å². The first kappa shape index (κ1) is 16.0. The molecule has 0 aromatic heterocycles. The zero-order valence-corrected chi connectivity index (χ0v) is 12.0. The summed E-state index contributed by atoms with van der Waals surface area (Å²) in [7, 11) is 0. The van der Waals surface area contributed by atoms with Crippen molar-refractivity contribution in [2.24, 2.45) is 0 Å². The summed E-state index contributed by atoms with van der Waals surface area (Å²) in [4.78, 5) is 23.3. The van der Waals surface area contributed by atoms with Crippen molar-refractivity contribution in [3.8, 4) is 0 Å². The molecular weight excluding hydrogens is 242 g/mol. The first-order valence-electron chi connectivity index (χ1n) is 7.65. The van der Waals surface area contributed by atoms with Gasteiger partial charge in [0, 0.05) is 6.42 Å². The number of unbranched alkanes of at least 4 members (excludes halogenated alkanes) is 4. The normalized spacial score (nSPS) is 17.9. The quantitative estimate of drug-likeness (QED) is 0.665. The third-order valence-electron chi connectivity index (χ3n) is 4.00. The number of hydrogen-bond donors (Lipinski definition) is 2. The molecule has 0 atom stereocenters. The van der Waals surface area contributed by atoms with Crippen LogP contribution in [0.2, 0.25) is 0 Å². The molecule has 0 radical (unpaired) electrons.